The SMILES string of the molecule is CCCCN(CCCC)C(=O)/C(C)=C\C(=O)Nc1ccc(C(C)=O)cc1. The second kappa shape index (κ2) is 11.2. The number of nitrogens with zero attached hydrogens (tertiary/aromatic N) is 1. The molecular weight excluding hydrogens is 328 g/mol. The minimum absolute atomic E-state index is 0.0246. The molecule has 0 spiro atoms. The zero-order chi connectivity index (χ0) is 19.5. The van der Waals surface area contributed by atoms with Crippen molar-refractivity contribution < 1.29 is 14.4 Å². The Morgan fingerprint density at radius 3 is 1.96 bits per heavy atom. The summed E-state index contributed by atoms with van der Waals surface area (Å²) in [5, 5.41) is 2.72. The third-order valence-corrected chi connectivity index (χ3v) is 4.09. The first-order valence-electron chi connectivity index (χ1n) is 9.28. The second-order valence-electron chi connectivity index (χ2n) is 6.45. The number of carbonyl (C=O) groups is 3. The van der Waals surface area contributed by atoms with Crippen LogP contribution in [0.1, 0.15) is 63.7 Å². The molecule has 0 unspecified atom stereocenters. The molecule has 26 heavy (non-hydrogen) atoms. The molecular formula is C21H30N2O3. The Bertz CT molecular complexity index is 640. The molecule has 1 N–H and O–H groups in total. The van der Waals surface area contributed by atoms with Crippen LogP contribution in [0.5, 0.6) is 0 Å². The van der Waals surface area contributed by atoms with Gasteiger partial charge in [0.2, 0.25) is 11.8 Å². The van der Waals surface area contributed by atoms with Crippen molar-refractivity contribution in [2.45, 2.75) is 53.4 Å². The van der Waals surface area contributed by atoms with Crippen molar-refractivity contribution >= 4 is 23.3 Å². The van der Waals surface area contributed by atoms with Crippen LogP contribution < -0.4 is 5.32 Å². The Morgan fingerprint density at radius 2 is 1.50 bits per heavy atom. The topological polar surface area (TPSA) is 66.5 Å². The molecule has 0 radical (unpaired) electrons. The summed E-state index contributed by atoms with van der Waals surface area (Å²) in [6, 6.07) is 6.68. The first-order valence-corrected chi connectivity index (χ1v) is 9.28. The lowest BCUT2D eigenvalue weighted by molar-refractivity contribution is -0.127. The van der Waals surface area contributed by atoms with Crippen LogP contribution in [0.4, 0.5) is 5.69 Å². The fourth-order valence-electron chi connectivity index (χ4n) is 2.49. The molecule has 0 saturated carbocycles. The van der Waals surface area contributed by atoms with Crippen molar-refractivity contribution in [2.24, 2.45) is 0 Å². The third kappa shape index (κ3) is 7.21. The van der Waals surface area contributed by atoms with Crippen molar-refractivity contribution in [1.29, 1.82) is 0 Å². The van der Waals surface area contributed by atoms with Crippen LogP contribution >= 0.6 is 0 Å². The molecule has 1 rings (SSSR count). The summed E-state index contributed by atoms with van der Waals surface area (Å²) in [6.07, 6.45) is 5.30. The number of benzene rings is 1. The lowest BCUT2D eigenvalue weighted by atomic mass is 10.1. The van der Waals surface area contributed by atoms with Gasteiger partial charge in [-0.25, -0.2) is 0 Å². The molecule has 0 aliphatic rings. The largest absolute Gasteiger partial charge is 0.339 e. The molecule has 0 saturated heterocycles. The quantitative estimate of drug-likeness (QED) is 0.503. The van der Waals surface area contributed by atoms with E-state index in [2.05, 4.69) is 19.2 Å². The van der Waals surface area contributed by atoms with E-state index in [4.69, 9.17) is 0 Å². The number of carbonyl (C=O) groups excluding carboxylic acids is 3. The van der Waals surface area contributed by atoms with E-state index in [9.17, 15) is 14.4 Å². The Labute approximate surface area is 156 Å². The van der Waals surface area contributed by atoms with Crippen LogP contribution in [0, 0.1) is 0 Å². The van der Waals surface area contributed by atoms with E-state index in [1.54, 1.807) is 31.2 Å². The molecule has 142 valence electrons. The van der Waals surface area contributed by atoms with Gasteiger partial charge in [0.05, 0.1) is 0 Å². The highest BCUT2D eigenvalue weighted by Gasteiger charge is 2.15. The normalized spacial score (nSPS) is 11.2. The van der Waals surface area contributed by atoms with Gasteiger partial charge in [-0.15, -0.1) is 0 Å². The number of unbranched alkanes of at least 4 members (excludes halogenated alkanes) is 2. The molecule has 0 aliphatic heterocycles. The van der Waals surface area contributed by atoms with Gasteiger partial charge in [0.25, 0.3) is 0 Å². The fraction of sp³-hybridized carbons (Fsp3) is 0.476. The van der Waals surface area contributed by atoms with E-state index >= 15 is 0 Å². The van der Waals surface area contributed by atoms with Gasteiger partial charge < -0.3 is 10.2 Å². The summed E-state index contributed by atoms with van der Waals surface area (Å²) >= 11 is 0. The molecule has 1 aromatic carbocycles. The number of anilines is 1. The summed E-state index contributed by atoms with van der Waals surface area (Å²) in [7, 11) is 0. The van der Waals surface area contributed by atoms with Gasteiger partial charge in [-0.3, -0.25) is 14.4 Å². The maximum Gasteiger partial charge on any atom is 0.249 e. The van der Waals surface area contributed by atoms with Crippen LogP contribution in [-0.4, -0.2) is 35.6 Å². The number of amides is 2. The number of Topliss-reactive ketones (excluding diaryl/α,β-unsaturated/α-hetero) is 1. The number of nitrogens with one attached hydrogen (secondary N) is 1. The Kier molecular flexibility index (Phi) is 9.34. The minimum atomic E-state index is -0.350. The Balaban J connectivity index is 2.73. The lowest BCUT2D eigenvalue weighted by Crippen LogP contribution is -2.33. The lowest BCUT2D eigenvalue weighted by Gasteiger charge is -2.22. The average Bonchev–Trinajstić information content (AvgIpc) is 2.61. The summed E-state index contributed by atoms with van der Waals surface area (Å²) in [6.45, 7) is 8.79. The molecule has 5 heteroatoms. The fourth-order valence-corrected chi connectivity index (χ4v) is 2.49. The molecule has 5 nitrogen and oxygen atoms in total. The summed E-state index contributed by atoms with van der Waals surface area (Å²) in [4.78, 5) is 37.9. The van der Waals surface area contributed by atoms with Crippen molar-refractivity contribution in [3.8, 4) is 0 Å². The van der Waals surface area contributed by atoms with E-state index < -0.39 is 0 Å². The number of hydrogen-bond acceptors (Lipinski definition) is 3. The number of rotatable bonds is 10. The standard InChI is InChI=1S/C21H30N2O3/c1-5-7-13-23(14-8-6-2)21(26)16(3)15-20(25)22-19-11-9-18(10-12-19)17(4)24/h9-12,15H,5-8,13-14H2,1-4H3,(H,22,25)/b16-15-. The average molecular weight is 358 g/mol. The van der Waals surface area contributed by atoms with Crippen LogP contribution in [0.2, 0.25) is 0 Å². The molecule has 0 bridgehead atoms. The van der Waals surface area contributed by atoms with E-state index in [0.717, 1.165) is 25.7 Å². The highest BCUT2D eigenvalue weighted by Crippen LogP contribution is 2.11. The maximum atomic E-state index is 12.6. The minimum Gasteiger partial charge on any atom is -0.339 e. The van der Waals surface area contributed by atoms with E-state index in [0.29, 0.717) is 29.9 Å². The van der Waals surface area contributed by atoms with E-state index in [-0.39, 0.29) is 17.6 Å². The van der Waals surface area contributed by atoms with Crippen molar-refractivity contribution in [2.75, 3.05) is 18.4 Å². The molecule has 1 aromatic rings. The van der Waals surface area contributed by atoms with Crippen molar-refractivity contribution in [3.63, 3.8) is 0 Å². The summed E-state index contributed by atoms with van der Waals surface area (Å²) < 4.78 is 0. The molecule has 0 fully saturated rings. The number of ketones is 1. The third-order valence-electron chi connectivity index (χ3n) is 4.09. The molecule has 2 amide bonds. The van der Waals surface area contributed by atoms with Gasteiger partial charge in [-0.2, -0.15) is 0 Å². The summed E-state index contributed by atoms with van der Waals surface area (Å²) in [5.41, 5.74) is 1.60. The van der Waals surface area contributed by atoms with E-state index in [1.807, 2.05) is 4.90 Å². The van der Waals surface area contributed by atoms with Crippen LogP contribution in [-0.2, 0) is 9.59 Å². The second-order valence-corrected chi connectivity index (χ2v) is 6.45. The predicted molar refractivity (Wildman–Crippen MR) is 105 cm³/mol. The predicted octanol–water partition coefficient (Wildman–Crippen LogP) is 4.20. The summed E-state index contributed by atoms with van der Waals surface area (Å²) in [5.74, 6) is -0.463. The first-order chi connectivity index (χ1) is 12.4. The number of hydrogen-bond donors (Lipinski definition) is 1. The van der Waals surface area contributed by atoms with Gasteiger partial charge in [0, 0.05) is 36.0 Å². The Morgan fingerprint density at radius 1 is 0.962 bits per heavy atom. The monoisotopic (exact) mass is 358 g/mol. The van der Waals surface area contributed by atoms with Crippen LogP contribution in [0.15, 0.2) is 35.9 Å². The smallest absolute Gasteiger partial charge is 0.249 e. The van der Waals surface area contributed by atoms with E-state index in [1.165, 1.54) is 13.0 Å². The van der Waals surface area contributed by atoms with Gasteiger partial charge in [0.15, 0.2) is 5.78 Å². The zero-order valence-corrected chi connectivity index (χ0v) is 16.3. The van der Waals surface area contributed by atoms with Gasteiger partial charge in [0.1, 0.15) is 0 Å². The van der Waals surface area contributed by atoms with Gasteiger partial charge in [-0.05, 0) is 51.0 Å². The Hall–Kier alpha value is -2.43. The molecule has 0 heterocycles. The van der Waals surface area contributed by atoms with Gasteiger partial charge >= 0.3 is 0 Å². The zero-order valence-electron chi connectivity index (χ0n) is 16.3. The van der Waals surface area contributed by atoms with Crippen molar-refractivity contribution in [3.05, 3.63) is 41.5 Å². The van der Waals surface area contributed by atoms with Crippen LogP contribution in [0.3, 0.4) is 0 Å². The highest BCUT2D eigenvalue weighted by atomic mass is 16.2. The first kappa shape index (κ1) is 21.6. The maximum absolute atomic E-state index is 12.6. The van der Waals surface area contributed by atoms with Crippen LogP contribution in [0.25, 0.3) is 0 Å². The van der Waals surface area contributed by atoms with Gasteiger partial charge in [-0.1, -0.05) is 26.7 Å². The van der Waals surface area contributed by atoms with Crippen molar-refractivity contribution in [1.82, 2.24) is 4.90 Å². The molecule has 0 aliphatic carbocycles. The highest BCUT2D eigenvalue weighted by molar-refractivity contribution is 6.06. The molecule has 0 atom stereocenters. The molecule has 0 aromatic heterocycles.